The van der Waals surface area contributed by atoms with Crippen molar-refractivity contribution < 1.29 is 32.3 Å². The number of oxime groups is 1. The van der Waals surface area contributed by atoms with Crippen molar-refractivity contribution in [1.82, 2.24) is 5.32 Å². The molecule has 1 heterocycles. The second kappa shape index (κ2) is 9.05. The first-order chi connectivity index (χ1) is 16.1. The van der Waals surface area contributed by atoms with Crippen molar-refractivity contribution in [2.24, 2.45) is 5.16 Å². The fourth-order valence-corrected chi connectivity index (χ4v) is 4.34. The van der Waals surface area contributed by atoms with Crippen LogP contribution in [0.15, 0.2) is 53.7 Å². The lowest BCUT2D eigenvalue weighted by Gasteiger charge is -2.29. The molecule has 5 nitrogen and oxygen atoms in total. The van der Waals surface area contributed by atoms with E-state index in [4.69, 9.17) is 33.1 Å². The van der Waals surface area contributed by atoms with Crippen LogP contribution in [0.4, 0.5) is 17.6 Å². The Hall–Kier alpha value is -2.88. The Morgan fingerprint density at radius 3 is 2.38 bits per heavy atom. The summed E-state index contributed by atoms with van der Waals surface area (Å²) in [6.45, 7) is -0.195. The van der Waals surface area contributed by atoms with E-state index in [2.05, 4.69) is 10.5 Å². The van der Waals surface area contributed by atoms with E-state index in [1.54, 1.807) is 24.3 Å². The summed E-state index contributed by atoms with van der Waals surface area (Å²) in [6.07, 6.45) is -5.67. The molecule has 1 unspecified atom stereocenters. The molecule has 3 aromatic rings. The average molecular weight is 515 g/mol. The van der Waals surface area contributed by atoms with E-state index in [-0.39, 0.29) is 24.4 Å². The largest absolute Gasteiger partial charge is 0.435 e. The molecule has 2 N–H and O–H groups in total. The Morgan fingerprint density at radius 2 is 1.76 bits per heavy atom. The van der Waals surface area contributed by atoms with Gasteiger partial charge in [-0.2, -0.15) is 13.2 Å². The van der Waals surface area contributed by atoms with Gasteiger partial charge in [-0.25, -0.2) is 4.39 Å². The standard InChI is InChI=1S/C23H16Cl2F4N2O3/c24-17-9-12(10-18(25)20(17)26)22(23(27,28)29)11-19(31-34-22)15-5-6-16(21(33)30-7-8-32)14-4-2-1-3-13(14)15/h1-6,9-10,32H,7-8,11H2,(H,30,33). The number of nitrogens with zero attached hydrogens (tertiary/aromatic N) is 1. The van der Waals surface area contributed by atoms with Crippen LogP contribution in [-0.4, -0.2) is 36.1 Å². The molecule has 34 heavy (non-hydrogen) atoms. The van der Waals surface area contributed by atoms with Crippen molar-refractivity contribution in [3.63, 3.8) is 0 Å². The zero-order valence-corrected chi connectivity index (χ0v) is 18.7. The Labute approximate surface area is 200 Å². The van der Waals surface area contributed by atoms with Gasteiger partial charge < -0.3 is 15.3 Å². The van der Waals surface area contributed by atoms with Gasteiger partial charge in [0.2, 0.25) is 0 Å². The van der Waals surface area contributed by atoms with Crippen LogP contribution in [0.1, 0.15) is 27.9 Å². The molecule has 0 aliphatic carbocycles. The number of aliphatic hydroxyl groups excluding tert-OH is 1. The number of hydrogen-bond acceptors (Lipinski definition) is 4. The predicted octanol–water partition coefficient (Wildman–Crippen LogP) is 5.59. The first-order valence-electron chi connectivity index (χ1n) is 9.97. The summed E-state index contributed by atoms with van der Waals surface area (Å²) in [4.78, 5) is 17.5. The lowest BCUT2D eigenvalue weighted by molar-refractivity contribution is -0.275. The van der Waals surface area contributed by atoms with E-state index in [1.165, 1.54) is 12.1 Å². The highest BCUT2D eigenvalue weighted by Crippen LogP contribution is 2.50. The van der Waals surface area contributed by atoms with E-state index in [9.17, 15) is 22.4 Å². The van der Waals surface area contributed by atoms with Gasteiger partial charge in [-0.05, 0) is 29.0 Å². The van der Waals surface area contributed by atoms with E-state index in [1.807, 2.05) is 0 Å². The van der Waals surface area contributed by atoms with Gasteiger partial charge in [-0.3, -0.25) is 4.79 Å². The Morgan fingerprint density at radius 1 is 1.12 bits per heavy atom. The van der Waals surface area contributed by atoms with Gasteiger partial charge in [0, 0.05) is 29.7 Å². The van der Waals surface area contributed by atoms with Gasteiger partial charge in [0.15, 0.2) is 5.82 Å². The van der Waals surface area contributed by atoms with Gasteiger partial charge >= 0.3 is 6.18 Å². The second-order valence-electron chi connectivity index (χ2n) is 7.57. The number of halogens is 6. The van der Waals surface area contributed by atoms with E-state index in [0.29, 0.717) is 16.3 Å². The third-order valence-corrected chi connectivity index (χ3v) is 6.06. The van der Waals surface area contributed by atoms with Crippen molar-refractivity contribution in [2.45, 2.75) is 18.2 Å². The topological polar surface area (TPSA) is 70.9 Å². The van der Waals surface area contributed by atoms with Crippen LogP contribution in [0.25, 0.3) is 10.8 Å². The van der Waals surface area contributed by atoms with Gasteiger partial charge in [0.05, 0.1) is 22.4 Å². The zero-order valence-electron chi connectivity index (χ0n) is 17.2. The molecule has 0 saturated heterocycles. The van der Waals surface area contributed by atoms with Crippen molar-refractivity contribution in [1.29, 1.82) is 0 Å². The lowest BCUT2D eigenvalue weighted by atomic mass is 9.85. The van der Waals surface area contributed by atoms with Gasteiger partial charge in [-0.1, -0.05) is 58.7 Å². The average Bonchev–Trinajstić information content (AvgIpc) is 3.26. The highest BCUT2D eigenvalue weighted by atomic mass is 35.5. The number of carbonyl (C=O) groups is 1. The number of benzene rings is 3. The molecule has 4 rings (SSSR count). The minimum Gasteiger partial charge on any atom is -0.395 e. The van der Waals surface area contributed by atoms with Crippen molar-refractivity contribution in [3.05, 3.63) is 81.1 Å². The highest BCUT2D eigenvalue weighted by Gasteiger charge is 2.62. The fourth-order valence-electron chi connectivity index (χ4n) is 3.85. The lowest BCUT2D eigenvalue weighted by Crippen LogP contribution is -2.42. The molecular formula is C23H16Cl2F4N2O3. The maximum atomic E-state index is 14.3. The predicted molar refractivity (Wildman–Crippen MR) is 120 cm³/mol. The molecule has 0 radical (unpaired) electrons. The summed E-state index contributed by atoms with van der Waals surface area (Å²) in [6, 6.07) is 11.2. The van der Waals surface area contributed by atoms with Crippen molar-refractivity contribution in [2.75, 3.05) is 13.2 Å². The van der Waals surface area contributed by atoms with Gasteiger partial charge in [0.1, 0.15) is 0 Å². The van der Waals surface area contributed by atoms with Crippen LogP contribution in [-0.2, 0) is 10.4 Å². The molecule has 3 aromatic carbocycles. The summed E-state index contributed by atoms with van der Waals surface area (Å²) in [5.41, 5.74) is -2.82. The Balaban J connectivity index is 1.79. The summed E-state index contributed by atoms with van der Waals surface area (Å²) in [5.74, 6) is -1.48. The van der Waals surface area contributed by atoms with E-state index < -0.39 is 45.5 Å². The van der Waals surface area contributed by atoms with Crippen LogP contribution in [0, 0.1) is 5.82 Å². The smallest absolute Gasteiger partial charge is 0.395 e. The molecule has 178 valence electrons. The summed E-state index contributed by atoms with van der Waals surface area (Å²) >= 11 is 11.5. The quantitative estimate of drug-likeness (QED) is 0.344. The number of aliphatic hydroxyl groups is 1. The molecule has 0 fully saturated rings. The Bertz CT molecular complexity index is 1290. The molecule has 1 atom stereocenters. The molecule has 0 spiro atoms. The van der Waals surface area contributed by atoms with Gasteiger partial charge in [0.25, 0.3) is 11.5 Å². The highest BCUT2D eigenvalue weighted by molar-refractivity contribution is 6.35. The van der Waals surface area contributed by atoms with Crippen LogP contribution >= 0.6 is 23.2 Å². The first kappa shape index (κ1) is 24.3. The maximum Gasteiger partial charge on any atom is 0.435 e. The number of carbonyl (C=O) groups excluding carboxylic acids is 1. The fraction of sp³-hybridized carbons (Fsp3) is 0.217. The van der Waals surface area contributed by atoms with Gasteiger partial charge in [-0.15, -0.1) is 0 Å². The molecule has 0 bridgehead atoms. The van der Waals surface area contributed by atoms with Crippen LogP contribution in [0.3, 0.4) is 0 Å². The molecule has 0 aromatic heterocycles. The molecular weight excluding hydrogens is 499 g/mol. The number of nitrogens with one attached hydrogen (secondary N) is 1. The number of hydrogen-bond donors (Lipinski definition) is 2. The number of amides is 1. The minimum absolute atomic E-state index is 0.0209. The number of fused-ring (bicyclic) bond motifs is 1. The third kappa shape index (κ3) is 4.08. The van der Waals surface area contributed by atoms with Crippen LogP contribution in [0.5, 0.6) is 0 Å². The molecule has 1 aliphatic rings. The van der Waals surface area contributed by atoms with Crippen molar-refractivity contribution in [3.8, 4) is 0 Å². The summed E-state index contributed by atoms with van der Waals surface area (Å²) in [5, 5.41) is 15.0. The minimum atomic E-state index is -4.94. The normalized spacial score (nSPS) is 18.0. The number of alkyl halides is 3. The van der Waals surface area contributed by atoms with Crippen LogP contribution < -0.4 is 5.32 Å². The van der Waals surface area contributed by atoms with E-state index >= 15 is 0 Å². The molecule has 1 amide bonds. The first-order valence-corrected chi connectivity index (χ1v) is 10.7. The maximum absolute atomic E-state index is 14.3. The molecule has 11 heteroatoms. The second-order valence-corrected chi connectivity index (χ2v) is 8.38. The third-order valence-electron chi connectivity index (χ3n) is 5.51. The Kier molecular flexibility index (Phi) is 6.46. The number of rotatable bonds is 5. The monoisotopic (exact) mass is 514 g/mol. The zero-order chi connectivity index (χ0) is 24.7. The molecule has 1 aliphatic heterocycles. The van der Waals surface area contributed by atoms with Crippen LogP contribution in [0.2, 0.25) is 10.0 Å². The van der Waals surface area contributed by atoms with Crippen molar-refractivity contribution >= 4 is 45.6 Å². The summed E-state index contributed by atoms with van der Waals surface area (Å²) in [7, 11) is 0. The SMILES string of the molecule is O=C(NCCO)c1ccc(C2=NOC(c3cc(Cl)c(F)c(Cl)c3)(C(F)(F)F)C2)c2ccccc12. The summed E-state index contributed by atoms with van der Waals surface area (Å²) < 4.78 is 56.8. The molecule has 0 saturated carbocycles. The van der Waals surface area contributed by atoms with E-state index in [0.717, 1.165) is 12.1 Å².